The lowest BCUT2D eigenvalue weighted by Gasteiger charge is -2.30. The maximum Gasteiger partial charge on any atom is 0.00109 e. The molecule has 1 heteroatoms. The summed E-state index contributed by atoms with van der Waals surface area (Å²) in [6.45, 7) is 11.4. The average Bonchev–Trinajstić information content (AvgIpc) is 3.21. The number of nitrogens with one attached hydrogen (secondary N) is 1. The Morgan fingerprint density at radius 1 is 1.21 bits per heavy atom. The van der Waals surface area contributed by atoms with Gasteiger partial charge in [-0.15, -0.1) is 0 Å². The maximum absolute atomic E-state index is 3.56. The Kier molecular flexibility index (Phi) is 4.67. The van der Waals surface area contributed by atoms with Crippen LogP contribution < -0.4 is 5.32 Å². The van der Waals surface area contributed by atoms with Crippen LogP contribution in [0.3, 0.4) is 0 Å². The van der Waals surface area contributed by atoms with E-state index in [0.717, 1.165) is 19.0 Å². The molecule has 19 heavy (non-hydrogen) atoms. The van der Waals surface area contributed by atoms with Crippen LogP contribution in [0.1, 0.15) is 57.6 Å². The van der Waals surface area contributed by atoms with Crippen LogP contribution in [0, 0.1) is 11.3 Å². The monoisotopic (exact) mass is 259 g/mol. The first kappa shape index (κ1) is 14.6. The molecule has 1 aromatic carbocycles. The van der Waals surface area contributed by atoms with Gasteiger partial charge in [-0.05, 0) is 54.2 Å². The van der Waals surface area contributed by atoms with E-state index in [1.165, 1.54) is 30.4 Å². The van der Waals surface area contributed by atoms with E-state index in [-0.39, 0.29) is 0 Å². The standard InChI is InChI=1S/C18H29N/c1-5-19-13-18(4,17-10-11-17)12-15-6-8-16(9-7-15)14(2)3/h6-9,14,17,19H,5,10-13H2,1-4H3. The lowest BCUT2D eigenvalue weighted by atomic mass is 9.78. The van der Waals surface area contributed by atoms with Gasteiger partial charge in [0.15, 0.2) is 0 Å². The first-order valence-electron chi connectivity index (χ1n) is 7.84. The smallest absolute Gasteiger partial charge is 0.00109 e. The summed E-state index contributed by atoms with van der Waals surface area (Å²) in [6, 6.07) is 9.28. The van der Waals surface area contributed by atoms with Gasteiger partial charge in [-0.3, -0.25) is 0 Å². The zero-order valence-electron chi connectivity index (χ0n) is 13.0. The number of rotatable bonds is 7. The van der Waals surface area contributed by atoms with E-state index in [2.05, 4.69) is 57.3 Å². The molecule has 1 aliphatic carbocycles. The molecule has 1 aliphatic rings. The highest BCUT2D eigenvalue weighted by Gasteiger charge is 2.40. The van der Waals surface area contributed by atoms with Crippen LogP contribution in [0.25, 0.3) is 0 Å². The van der Waals surface area contributed by atoms with Crippen molar-refractivity contribution >= 4 is 0 Å². The minimum atomic E-state index is 0.440. The normalized spacial score (nSPS) is 18.6. The Hall–Kier alpha value is -0.820. The van der Waals surface area contributed by atoms with E-state index in [9.17, 15) is 0 Å². The fourth-order valence-corrected chi connectivity index (χ4v) is 3.03. The van der Waals surface area contributed by atoms with Gasteiger partial charge in [0.2, 0.25) is 0 Å². The van der Waals surface area contributed by atoms with Crippen molar-refractivity contribution in [1.82, 2.24) is 5.32 Å². The molecule has 1 aromatic rings. The summed E-state index contributed by atoms with van der Waals surface area (Å²) >= 11 is 0. The van der Waals surface area contributed by atoms with E-state index < -0.39 is 0 Å². The third kappa shape index (κ3) is 3.82. The van der Waals surface area contributed by atoms with Gasteiger partial charge in [-0.25, -0.2) is 0 Å². The van der Waals surface area contributed by atoms with E-state index in [4.69, 9.17) is 0 Å². The molecule has 0 heterocycles. The summed E-state index contributed by atoms with van der Waals surface area (Å²) in [4.78, 5) is 0. The Morgan fingerprint density at radius 3 is 2.32 bits per heavy atom. The fraction of sp³-hybridized carbons (Fsp3) is 0.667. The second kappa shape index (κ2) is 6.09. The average molecular weight is 259 g/mol. The molecule has 0 bridgehead atoms. The van der Waals surface area contributed by atoms with E-state index in [0.29, 0.717) is 11.3 Å². The lowest BCUT2D eigenvalue weighted by Crippen LogP contribution is -2.35. The van der Waals surface area contributed by atoms with Gasteiger partial charge in [-0.1, -0.05) is 52.0 Å². The number of hydrogen-bond acceptors (Lipinski definition) is 1. The molecular formula is C18H29N. The molecule has 2 rings (SSSR count). The van der Waals surface area contributed by atoms with Crippen molar-refractivity contribution in [3.8, 4) is 0 Å². The third-order valence-electron chi connectivity index (χ3n) is 4.60. The van der Waals surface area contributed by atoms with Crippen molar-refractivity contribution in [3.63, 3.8) is 0 Å². The zero-order valence-corrected chi connectivity index (χ0v) is 13.0. The van der Waals surface area contributed by atoms with Crippen molar-refractivity contribution in [2.45, 2.75) is 52.9 Å². The third-order valence-corrected chi connectivity index (χ3v) is 4.60. The SMILES string of the molecule is CCNCC(C)(Cc1ccc(C(C)C)cc1)C1CC1. The molecule has 1 fully saturated rings. The highest BCUT2D eigenvalue weighted by atomic mass is 14.9. The minimum Gasteiger partial charge on any atom is -0.316 e. The van der Waals surface area contributed by atoms with Gasteiger partial charge in [0.25, 0.3) is 0 Å². The maximum atomic E-state index is 3.56. The lowest BCUT2D eigenvalue weighted by molar-refractivity contribution is 0.258. The molecule has 0 amide bonds. The number of benzene rings is 1. The molecule has 1 saturated carbocycles. The second-order valence-electron chi connectivity index (χ2n) is 6.78. The van der Waals surface area contributed by atoms with Crippen molar-refractivity contribution < 1.29 is 0 Å². The fourth-order valence-electron chi connectivity index (χ4n) is 3.03. The van der Waals surface area contributed by atoms with E-state index in [1.807, 2.05) is 0 Å². The quantitative estimate of drug-likeness (QED) is 0.766. The zero-order chi connectivity index (χ0) is 13.9. The summed E-state index contributed by atoms with van der Waals surface area (Å²) in [5.41, 5.74) is 3.38. The van der Waals surface area contributed by atoms with Crippen molar-refractivity contribution in [2.75, 3.05) is 13.1 Å². The molecule has 0 spiro atoms. The molecule has 1 unspecified atom stereocenters. The first-order chi connectivity index (χ1) is 9.05. The highest BCUT2D eigenvalue weighted by molar-refractivity contribution is 5.26. The van der Waals surface area contributed by atoms with Crippen molar-refractivity contribution in [3.05, 3.63) is 35.4 Å². The van der Waals surface area contributed by atoms with Gasteiger partial charge in [0, 0.05) is 6.54 Å². The molecule has 0 aromatic heterocycles. The largest absolute Gasteiger partial charge is 0.316 e. The predicted octanol–water partition coefficient (Wildman–Crippen LogP) is 4.38. The van der Waals surface area contributed by atoms with E-state index in [1.54, 1.807) is 0 Å². The molecule has 106 valence electrons. The molecular weight excluding hydrogens is 230 g/mol. The van der Waals surface area contributed by atoms with Crippen LogP contribution in [-0.4, -0.2) is 13.1 Å². The summed E-state index contributed by atoms with van der Waals surface area (Å²) in [7, 11) is 0. The van der Waals surface area contributed by atoms with Crippen LogP contribution in [0.4, 0.5) is 0 Å². The molecule has 0 radical (unpaired) electrons. The Morgan fingerprint density at radius 2 is 1.84 bits per heavy atom. The molecule has 1 atom stereocenters. The summed E-state index contributed by atoms with van der Waals surface area (Å²) in [5, 5.41) is 3.56. The summed E-state index contributed by atoms with van der Waals surface area (Å²) < 4.78 is 0. The van der Waals surface area contributed by atoms with Crippen LogP contribution in [0.5, 0.6) is 0 Å². The van der Waals surface area contributed by atoms with Gasteiger partial charge in [-0.2, -0.15) is 0 Å². The van der Waals surface area contributed by atoms with Crippen molar-refractivity contribution in [2.24, 2.45) is 11.3 Å². The molecule has 0 aliphatic heterocycles. The second-order valence-corrected chi connectivity index (χ2v) is 6.78. The van der Waals surface area contributed by atoms with Crippen LogP contribution >= 0.6 is 0 Å². The van der Waals surface area contributed by atoms with Crippen LogP contribution in [0.2, 0.25) is 0 Å². The Bertz CT molecular complexity index is 389. The summed E-state index contributed by atoms with van der Waals surface area (Å²) in [5.74, 6) is 1.56. The van der Waals surface area contributed by atoms with Gasteiger partial charge in [0.1, 0.15) is 0 Å². The predicted molar refractivity (Wildman–Crippen MR) is 83.6 cm³/mol. The molecule has 0 saturated heterocycles. The number of hydrogen-bond donors (Lipinski definition) is 1. The topological polar surface area (TPSA) is 12.0 Å². The van der Waals surface area contributed by atoms with Gasteiger partial charge >= 0.3 is 0 Å². The Labute approximate surface area is 118 Å². The molecule has 1 N–H and O–H groups in total. The van der Waals surface area contributed by atoms with Crippen molar-refractivity contribution in [1.29, 1.82) is 0 Å². The van der Waals surface area contributed by atoms with Crippen LogP contribution in [0.15, 0.2) is 24.3 Å². The van der Waals surface area contributed by atoms with E-state index >= 15 is 0 Å². The molecule has 1 nitrogen and oxygen atoms in total. The minimum absolute atomic E-state index is 0.440. The van der Waals surface area contributed by atoms with Crippen LogP contribution in [-0.2, 0) is 6.42 Å². The first-order valence-corrected chi connectivity index (χ1v) is 7.84. The highest BCUT2D eigenvalue weighted by Crippen LogP contribution is 2.47. The Balaban J connectivity index is 2.04. The summed E-state index contributed by atoms with van der Waals surface area (Å²) in [6.07, 6.45) is 4.06. The van der Waals surface area contributed by atoms with Gasteiger partial charge < -0.3 is 5.32 Å². The van der Waals surface area contributed by atoms with Gasteiger partial charge in [0.05, 0.1) is 0 Å².